The molecule has 7 nitrogen and oxygen atoms in total. The predicted octanol–water partition coefficient (Wildman–Crippen LogP) is 6.35. The molecule has 0 bridgehead atoms. The van der Waals surface area contributed by atoms with E-state index in [0.29, 0.717) is 11.7 Å². The van der Waals surface area contributed by atoms with E-state index in [-0.39, 0.29) is 24.4 Å². The van der Waals surface area contributed by atoms with Gasteiger partial charge in [-0.05, 0) is 79.8 Å². The fourth-order valence-electron chi connectivity index (χ4n) is 5.79. The number of pyridine rings is 2. The summed E-state index contributed by atoms with van der Waals surface area (Å²) >= 11 is 5.87. The molecule has 2 N–H and O–H groups in total. The summed E-state index contributed by atoms with van der Waals surface area (Å²) in [5.41, 5.74) is 6.13. The Morgan fingerprint density at radius 3 is 2.56 bits per heavy atom. The number of carbonyl (C=O) groups is 1. The first kappa shape index (κ1) is 26.7. The number of nitrogens with zero attached hydrogens (tertiary/aromatic N) is 4. The third-order valence-electron chi connectivity index (χ3n) is 7.76. The number of hydrogen-bond donors (Lipinski definition) is 2. The molecular weight excluding hydrogens is 528 g/mol. The monoisotopic (exact) mass is 560 g/mol. The molecule has 2 aromatic carbocycles. The molecule has 1 aliphatic heterocycles. The zero-order chi connectivity index (χ0) is 28.5. The molecule has 1 saturated heterocycles. The maximum atomic E-state index is 13.2. The smallest absolute Gasteiger partial charge is 0.226 e. The SMILES string of the molecule is Cc1ccc(-n2c(C)cc([C@@H]3[C@H](c4ccccn4)NC(=S)N3CCC(=O)Nc3cccc4ccccc34)c2C)nc1. The number of nitrogens with one attached hydrogen (secondary N) is 2. The first-order valence-corrected chi connectivity index (χ1v) is 14.2. The summed E-state index contributed by atoms with van der Waals surface area (Å²) in [6.45, 7) is 6.71. The van der Waals surface area contributed by atoms with Crippen LogP contribution in [0.4, 0.5) is 5.69 Å². The van der Waals surface area contributed by atoms with E-state index in [0.717, 1.165) is 50.5 Å². The summed E-state index contributed by atoms with van der Waals surface area (Å²) in [7, 11) is 0. The standard InChI is InChI=1S/C33H32N6OS/c1-21-14-15-29(35-20-21)39-22(2)19-26(23(39)3)32-31(28-12-6-7-17-34-28)37-33(41)38(32)18-16-30(40)36-27-13-8-10-24-9-4-5-11-25(24)27/h4-15,17,19-20,31-32H,16,18H2,1-3H3,(H,36,40)(H,37,41)/t31-,32+/m0/s1. The number of aryl methyl sites for hydroxylation is 2. The van der Waals surface area contributed by atoms with Crippen LogP contribution in [0.15, 0.2) is 91.3 Å². The summed E-state index contributed by atoms with van der Waals surface area (Å²) in [6, 6.07) is 25.9. The van der Waals surface area contributed by atoms with E-state index in [1.807, 2.05) is 79.9 Å². The Bertz CT molecular complexity index is 1730. The average molecular weight is 561 g/mol. The highest BCUT2D eigenvalue weighted by Gasteiger charge is 2.41. The normalized spacial score (nSPS) is 16.7. The lowest BCUT2D eigenvalue weighted by molar-refractivity contribution is -0.116. The van der Waals surface area contributed by atoms with E-state index in [1.165, 1.54) is 0 Å². The van der Waals surface area contributed by atoms with Crippen LogP contribution in [0.25, 0.3) is 16.6 Å². The Kier molecular flexibility index (Phi) is 7.24. The number of hydrogen-bond acceptors (Lipinski definition) is 4. The molecule has 0 saturated carbocycles. The van der Waals surface area contributed by atoms with Gasteiger partial charge in [-0.25, -0.2) is 4.98 Å². The Morgan fingerprint density at radius 1 is 0.976 bits per heavy atom. The third kappa shape index (κ3) is 5.18. The number of carbonyl (C=O) groups excluding carboxylic acids is 1. The van der Waals surface area contributed by atoms with Crippen LogP contribution in [0.2, 0.25) is 0 Å². The maximum absolute atomic E-state index is 13.2. The van der Waals surface area contributed by atoms with Gasteiger partial charge in [0.1, 0.15) is 5.82 Å². The highest BCUT2D eigenvalue weighted by molar-refractivity contribution is 7.80. The minimum Gasteiger partial charge on any atom is -0.352 e. The molecule has 1 fully saturated rings. The minimum absolute atomic E-state index is 0.0569. The van der Waals surface area contributed by atoms with Gasteiger partial charge >= 0.3 is 0 Å². The summed E-state index contributed by atoms with van der Waals surface area (Å²) in [5.74, 6) is 0.819. The van der Waals surface area contributed by atoms with Gasteiger partial charge in [0.05, 0.1) is 17.8 Å². The Labute approximate surface area is 245 Å². The molecule has 0 aliphatic carbocycles. The van der Waals surface area contributed by atoms with Crippen molar-refractivity contribution in [3.8, 4) is 5.82 Å². The summed E-state index contributed by atoms with van der Waals surface area (Å²) in [5, 5.41) is 9.35. The van der Waals surface area contributed by atoms with Crippen molar-refractivity contribution in [2.24, 2.45) is 0 Å². The van der Waals surface area contributed by atoms with E-state index in [1.54, 1.807) is 6.20 Å². The number of thiocarbonyl (C=S) groups is 1. The van der Waals surface area contributed by atoms with Gasteiger partial charge in [-0.2, -0.15) is 0 Å². The van der Waals surface area contributed by atoms with Gasteiger partial charge in [-0.3, -0.25) is 9.78 Å². The van der Waals surface area contributed by atoms with E-state index in [9.17, 15) is 4.79 Å². The highest BCUT2D eigenvalue weighted by atomic mass is 32.1. The van der Waals surface area contributed by atoms with Gasteiger partial charge in [0.15, 0.2) is 5.11 Å². The van der Waals surface area contributed by atoms with E-state index < -0.39 is 0 Å². The van der Waals surface area contributed by atoms with Gasteiger partial charge in [0.2, 0.25) is 5.91 Å². The molecule has 5 aromatic rings. The van der Waals surface area contributed by atoms with Crippen LogP contribution in [0, 0.1) is 20.8 Å². The molecule has 41 heavy (non-hydrogen) atoms. The number of amides is 1. The topological polar surface area (TPSA) is 75.1 Å². The second-order valence-electron chi connectivity index (χ2n) is 10.5. The molecule has 1 aliphatic rings. The number of fused-ring (bicyclic) bond motifs is 1. The zero-order valence-corrected chi connectivity index (χ0v) is 24.2. The van der Waals surface area contributed by atoms with E-state index in [4.69, 9.17) is 12.2 Å². The van der Waals surface area contributed by atoms with Gasteiger partial charge in [-0.15, -0.1) is 0 Å². The number of anilines is 1. The fraction of sp³-hybridized carbons (Fsp3) is 0.212. The molecule has 3 aromatic heterocycles. The first-order valence-electron chi connectivity index (χ1n) is 13.8. The molecule has 0 radical (unpaired) electrons. The van der Waals surface area contributed by atoms with Crippen molar-refractivity contribution in [3.05, 3.63) is 119 Å². The van der Waals surface area contributed by atoms with Crippen LogP contribution in [-0.4, -0.2) is 37.0 Å². The van der Waals surface area contributed by atoms with Crippen LogP contribution in [0.5, 0.6) is 0 Å². The highest BCUT2D eigenvalue weighted by Crippen LogP contribution is 2.41. The predicted molar refractivity (Wildman–Crippen MR) is 167 cm³/mol. The van der Waals surface area contributed by atoms with Gasteiger partial charge in [0, 0.05) is 47.8 Å². The molecule has 2 atom stereocenters. The number of rotatable bonds is 7. The second kappa shape index (κ2) is 11.1. The molecular formula is C33H32N6OS. The van der Waals surface area contributed by atoms with Crippen molar-refractivity contribution in [3.63, 3.8) is 0 Å². The number of aromatic nitrogens is 3. The quantitative estimate of drug-likeness (QED) is 0.226. The Balaban J connectivity index is 1.31. The minimum atomic E-state index is -0.162. The van der Waals surface area contributed by atoms with Gasteiger partial charge in [0.25, 0.3) is 0 Å². The average Bonchev–Trinajstić information content (AvgIpc) is 3.47. The molecule has 4 heterocycles. The molecule has 0 spiro atoms. The van der Waals surface area contributed by atoms with Crippen molar-refractivity contribution >= 4 is 39.7 Å². The van der Waals surface area contributed by atoms with Gasteiger partial charge < -0.3 is 20.1 Å². The largest absolute Gasteiger partial charge is 0.352 e. The summed E-state index contributed by atoms with van der Waals surface area (Å²) in [4.78, 5) is 24.7. The van der Waals surface area contributed by atoms with Crippen LogP contribution < -0.4 is 10.6 Å². The first-order chi connectivity index (χ1) is 19.9. The molecule has 1 amide bonds. The van der Waals surface area contributed by atoms with Crippen LogP contribution in [0.1, 0.15) is 46.7 Å². The van der Waals surface area contributed by atoms with Gasteiger partial charge in [-0.1, -0.05) is 48.5 Å². The van der Waals surface area contributed by atoms with Crippen LogP contribution in [0.3, 0.4) is 0 Å². The van der Waals surface area contributed by atoms with Crippen LogP contribution in [-0.2, 0) is 4.79 Å². The van der Waals surface area contributed by atoms with E-state index >= 15 is 0 Å². The Morgan fingerprint density at radius 2 is 1.78 bits per heavy atom. The third-order valence-corrected chi connectivity index (χ3v) is 8.11. The molecule has 6 rings (SSSR count). The lowest BCUT2D eigenvalue weighted by atomic mass is 9.96. The van der Waals surface area contributed by atoms with E-state index in [2.05, 4.69) is 56.0 Å². The Hall–Kier alpha value is -4.56. The van der Waals surface area contributed by atoms with Crippen molar-refractivity contribution < 1.29 is 4.79 Å². The maximum Gasteiger partial charge on any atom is 0.226 e. The lowest BCUT2D eigenvalue weighted by Gasteiger charge is -2.28. The number of benzene rings is 2. The fourth-order valence-corrected chi connectivity index (χ4v) is 6.12. The molecule has 8 heteroatoms. The zero-order valence-electron chi connectivity index (χ0n) is 23.3. The summed E-state index contributed by atoms with van der Waals surface area (Å²) in [6.07, 6.45) is 3.98. The molecule has 0 unspecified atom stereocenters. The molecule has 206 valence electrons. The van der Waals surface area contributed by atoms with Crippen molar-refractivity contribution in [1.82, 2.24) is 24.8 Å². The summed E-state index contributed by atoms with van der Waals surface area (Å²) < 4.78 is 2.18. The van der Waals surface area contributed by atoms with Crippen molar-refractivity contribution in [1.29, 1.82) is 0 Å². The second-order valence-corrected chi connectivity index (χ2v) is 10.9. The van der Waals surface area contributed by atoms with Crippen molar-refractivity contribution in [2.45, 2.75) is 39.3 Å². The lowest BCUT2D eigenvalue weighted by Crippen LogP contribution is -2.33. The van der Waals surface area contributed by atoms with Crippen molar-refractivity contribution in [2.75, 3.05) is 11.9 Å². The van der Waals surface area contributed by atoms with Crippen LogP contribution >= 0.6 is 12.2 Å².